The predicted octanol–water partition coefficient (Wildman–Crippen LogP) is 3.58. The van der Waals surface area contributed by atoms with Crippen LogP contribution in [0.2, 0.25) is 0 Å². The maximum Gasteiger partial charge on any atom is 0.146 e. The average molecular weight is 363 g/mol. The minimum absolute atomic E-state index is 0.137. The molecule has 146 valence electrons. The van der Waals surface area contributed by atoms with Crippen molar-refractivity contribution in [3.63, 3.8) is 0 Å². The molecule has 1 aromatic rings. The molecule has 0 spiro atoms. The molecule has 0 N–H and O–H groups in total. The summed E-state index contributed by atoms with van der Waals surface area (Å²) >= 11 is 0. The highest BCUT2D eigenvalue weighted by molar-refractivity contribution is 5.99. The molecule has 5 nitrogen and oxygen atoms in total. The number of ether oxygens (including phenoxy) is 3. The molecule has 2 rings (SSSR count). The van der Waals surface area contributed by atoms with Gasteiger partial charge < -0.3 is 19.1 Å². The lowest BCUT2D eigenvalue weighted by molar-refractivity contribution is -0.0489. The number of nitrogens with zero attached hydrogens (tertiary/aromatic N) is 2. The first-order chi connectivity index (χ1) is 12.7. The summed E-state index contributed by atoms with van der Waals surface area (Å²) in [6.07, 6.45) is 3.53. The summed E-state index contributed by atoms with van der Waals surface area (Å²) < 4.78 is 16.2. The summed E-state index contributed by atoms with van der Waals surface area (Å²) in [4.78, 5) is 7.60. The molecule has 1 fully saturated rings. The molecule has 1 saturated heterocycles. The van der Waals surface area contributed by atoms with Gasteiger partial charge in [-0.15, -0.1) is 0 Å². The van der Waals surface area contributed by atoms with Gasteiger partial charge in [0.15, 0.2) is 0 Å². The number of hydrogen-bond acceptors (Lipinski definition) is 4. The third-order valence-electron chi connectivity index (χ3n) is 4.84. The summed E-state index contributed by atoms with van der Waals surface area (Å²) in [5.41, 5.74) is 1.16. The molecule has 0 amide bonds. The number of likely N-dealkylation sites (tertiary alicyclic amines) is 1. The van der Waals surface area contributed by atoms with Crippen LogP contribution in [0.3, 0.4) is 0 Å². The lowest BCUT2D eigenvalue weighted by Crippen LogP contribution is -2.47. The van der Waals surface area contributed by atoms with Crippen LogP contribution in [-0.4, -0.2) is 63.6 Å². The van der Waals surface area contributed by atoms with E-state index < -0.39 is 0 Å². The van der Waals surface area contributed by atoms with Crippen LogP contribution in [0.5, 0.6) is 0 Å². The second-order valence-electron chi connectivity index (χ2n) is 7.21. The molecule has 0 saturated carbocycles. The van der Waals surface area contributed by atoms with Crippen LogP contribution < -0.4 is 0 Å². The largest absolute Gasteiger partial charge is 0.382 e. The molecule has 0 aromatic heterocycles. The Morgan fingerprint density at radius 3 is 2.58 bits per heavy atom. The molecule has 26 heavy (non-hydrogen) atoms. The number of piperidine rings is 1. The zero-order chi connectivity index (χ0) is 18.8. The van der Waals surface area contributed by atoms with Gasteiger partial charge in [0.2, 0.25) is 0 Å². The average Bonchev–Trinajstić information content (AvgIpc) is 2.66. The number of benzene rings is 1. The smallest absolute Gasteiger partial charge is 0.146 e. The van der Waals surface area contributed by atoms with Gasteiger partial charge in [-0.2, -0.15) is 0 Å². The first-order valence-electron chi connectivity index (χ1n) is 9.62. The molecule has 1 aliphatic rings. The quantitative estimate of drug-likeness (QED) is 0.291. The minimum atomic E-state index is 0.137. The number of amidine groups is 1. The standard InChI is InChI=1S/C21H34N2O3/c1-17(2)20(15-24-3)22-21(18-10-6-5-7-11-18)23-13-9-8-12-19(23)14-26-16-25-4/h5-7,10-11,17,19-20H,8-9,12-16H2,1-4H3/t19-,20+/m0/s1. The monoisotopic (exact) mass is 362 g/mol. The van der Waals surface area contributed by atoms with Crippen LogP contribution in [0.15, 0.2) is 35.3 Å². The van der Waals surface area contributed by atoms with Gasteiger partial charge in [-0.1, -0.05) is 44.2 Å². The van der Waals surface area contributed by atoms with Crippen LogP contribution in [-0.2, 0) is 14.2 Å². The lowest BCUT2D eigenvalue weighted by Gasteiger charge is -2.38. The van der Waals surface area contributed by atoms with Crippen molar-refractivity contribution in [3.8, 4) is 0 Å². The molecule has 0 radical (unpaired) electrons. The summed E-state index contributed by atoms with van der Waals surface area (Å²) in [5, 5.41) is 0. The number of rotatable bonds is 9. The fraction of sp³-hybridized carbons (Fsp3) is 0.667. The van der Waals surface area contributed by atoms with E-state index >= 15 is 0 Å². The van der Waals surface area contributed by atoms with Crippen molar-refractivity contribution in [1.29, 1.82) is 0 Å². The third-order valence-corrected chi connectivity index (χ3v) is 4.84. The van der Waals surface area contributed by atoms with Gasteiger partial charge in [-0.25, -0.2) is 0 Å². The Hall–Kier alpha value is -1.43. The van der Waals surface area contributed by atoms with Crippen LogP contribution in [0.1, 0.15) is 38.7 Å². The number of methoxy groups -OCH3 is 2. The molecule has 0 unspecified atom stereocenters. The van der Waals surface area contributed by atoms with Crippen LogP contribution >= 0.6 is 0 Å². The Balaban J connectivity index is 2.31. The topological polar surface area (TPSA) is 43.3 Å². The Morgan fingerprint density at radius 2 is 1.92 bits per heavy atom. The molecule has 1 aromatic carbocycles. The molecule has 2 atom stereocenters. The molecule has 0 bridgehead atoms. The first-order valence-corrected chi connectivity index (χ1v) is 9.62. The van der Waals surface area contributed by atoms with E-state index in [1.54, 1.807) is 14.2 Å². The van der Waals surface area contributed by atoms with Crippen molar-refractivity contribution in [1.82, 2.24) is 4.90 Å². The highest BCUT2D eigenvalue weighted by atomic mass is 16.7. The van der Waals surface area contributed by atoms with E-state index in [1.165, 1.54) is 12.8 Å². The van der Waals surface area contributed by atoms with Gasteiger partial charge >= 0.3 is 0 Å². The SMILES string of the molecule is COCOC[C@@H]1CCCCN1C(=N[C@H](COC)C(C)C)c1ccccc1. The van der Waals surface area contributed by atoms with E-state index in [1.807, 2.05) is 6.07 Å². The molecule has 0 aliphatic carbocycles. The third kappa shape index (κ3) is 6.08. The molecule has 1 heterocycles. The van der Waals surface area contributed by atoms with Gasteiger partial charge in [0.1, 0.15) is 12.6 Å². The van der Waals surface area contributed by atoms with Gasteiger partial charge in [0.25, 0.3) is 0 Å². The second-order valence-corrected chi connectivity index (χ2v) is 7.21. The van der Waals surface area contributed by atoms with Crippen molar-refractivity contribution in [2.24, 2.45) is 10.9 Å². The second kappa shape index (κ2) is 11.3. The maximum absolute atomic E-state index is 5.69. The number of aliphatic imine (C=N–C) groups is 1. The lowest BCUT2D eigenvalue weighted by atomic mass is 10.00. The van der Waals surface area contributed by atoms with E-state index in [2.05, 4.69) is 43.0 Å². The zero-order valence-electron chi connectivity index (χ0n) is 16.7. The van der Waals surface area contributed by atoms with E-state index in [-0.39, 0.29) is 6.04 Å². The summed E-state index contributed by atoms with van der Waals surface area (Å²) in [6.45, 7) is 7.03. The van der Waals surface area contributed by atoms with E-state index in [0.29, 0.717) is 32.0 Å². The van der Waals surface area contributed by atoms with Crippen molar-refractivity contribution >= 4 is 5.84 Å². The Labute approximate surface area is 158 Å². The van der Waals surface area contributed by atoms with Crippen LogP contribution in [0.4, 0.5) is 0 Å². The van der Waals surface area contributed by atoms with Gasteiger partial charge in [-0.3, -0.25) is 4.99 Å². The molecule has 5 heteroatoms. The fourth-order valence-corrected chi connectivity index (χ4v) is 3.33. The van der Waals surface area contributed by atoms with E-state index in [0.717, 1.165) is 24.4 Å². The van der Waals surface area contributed by atoms with E-state index in [4.69, 9.17) is 19.2 Å². The maximum atomic E-state index is 5.69. The first kappa shape index (κ1) is 20.9. The highest BCUT2D eigenvalue weighted by Crippen LogP contribution is 2.22. The van der Waals surface area contributed by atoms with Gasteiger partial charge in [0.05, 0.1) is 25.3 Å². The van der Waals surface area contributed by atoms with Crippen LogP contribution in [0.25, 0.3) is 0 Å². The Kier molecular flexibility index (Phi) is 9.09. The minimum Gasteiger partial charge on any atom is -0.382 e. The van der Waals surface area contributed by atoms with Crippen molar-refractivity contribution < 1.29 is 14.2 Å². The summed E-state index contributed by atoms with van der Waals surface area (Å²) in [5.74, 6) is 1.48. The van der Waals surface area contributed by atoms with Gasteiger partial charge in [0, 0.05) is 26.3 Å². The summed E-state index contributed by atoms with van der Waals surface area (Å²) in [6, 6.07) is 10.9. The van der Waals surface area contributed by atoms with Crippen molar-refractivity contribution in [3.05, 3.63) is 35.9 Å². The normalized spacial score (nSPS) is 19.8. The predicted molar refractivity (Wildman–Crippen MR) is 106 cm³/mol. The van der Waals surface area contributed by atoms with Crippen molar-refractivity contribution in [2.75, 3.05) is 40.8 Å². The molecular weight excluding hydrogens is 328 g/mol. The molecule has 1 aliphatic heterocycles. The highest BCUT2D eigenvalue weighted by Gasteiger charge is 2.27. The zero-order valence-corrected chi connectivity index (χ0v) is 16.7. The Bertz CT molecular complexity index is 533. The fourth-order valence-electron chi connectivity index (χ4n) is 3.33. The van der Waals surface area contributed by atoms with E-state index in [9.17, 15) is 0 Å². The van der Waals surface area contributed by atoms with Gasteiger partial charge in [-0.05, 0) is 25.2 Å². The Morgan fingerprint density at radius 1 is 1.15 bits per heavy atom. The molecular formula is C21H34N2O3. The number of hydrogen-bond donors (Lipinski definition) is 0. The van der Waals surface area contributed by atoms with Crippen LogP contribution in [0, 0.1) is 5.92 Å². The van der Waals surface area contributed by atoms with Crippen molar-refractivity contribution in [2.45, 2.75) is 45.2 Å². The summed E-state index contributed by atoms with van der Waals surface area (Å²) in [7, 11) is 3.41.